The Bertz CT molecular complexity index is 767. The van der Waals surface area contributed by atoms with Gasteiger partial charge < -0.3 is 15.4 Å². The first kappa shape index (κ1) is 17.0. The summed E-state index contributed by atoms with van der Waals surface area (Å²) in [4.78, 5) is 23.9. The molecule has 132 valence electrons. The Hall–Kier alpha value is -2.83. The number of hydrogen-bond acceptors (Lipinski definition) is 4. The van der Waals surface area contributed by atoms with Gasteiger partial charge in [0.2, 0.25) is 0 Å². The first-order chi connectivity index (χ1) is 12.1. The van der Waals surface area contributed by atoms with Crippen molar-refractivity contribution in [3.8, 4) is 0 Å². The molecule has 2 amide bonds. The van der Waals surface area contributed by atoms with Crippen molar-refractivity contribution in [2.75, 3.05) is 11.9 Å². The Morgan fingerprint density at radius 3 is 2.80 bits per heavy atom. The molecule has 1 aromatic heterocycles. The number of aromatic nitrogens is 2. The van der Waals surface area contributed by atoms with Crippen LogP contribution >= 0.6 is 0 Å². The van der Waals surface area contributed by atoms with E-state index in [-0.39, 0.29) is 18.0 Å². The number of aryl methyl sites for hydroxylation is 1. The van der Waals surface area contributed by atoms with Crippen LogP contribution in [0.3, 0.4) is 0 Å². The number of nitrogens with one attached hydrogen (secondary N) is 2. The highest BCUT2D eigenvalue weighted by Gasteiger charge is 2.24. The molecule has 25 heavy (non-hydrogen) atoms. The Kier molecular flexibility index (Phi) is 5.02. The summed E-state index contributed by atoms with van der Waals surface area (Å²) in [7, 11) is 1.92. The second kappa shape index (κ2) is 7.38. The SMILES string of the molecule is CCOC(=O)c1ccc(NC(=O)NC2CCCc3c2cnn3C)cc1. The van der Waals surface area contributed by atoms with Crippen LogP contribution in [0.15, 0.2) is 30.5 Å². The van der Waals surface area contributed by atoms with Gasteiger partial charge in [-0.05, 0) is 50.5 Å². The van der Waals surface area contributed by atoms with Gasteiger partial charge in [-0.1, -0.05) is 0 Å². The van der Waals surface area contributed by atoms with Crippen LogP contribution in [-0.4, -0.2) is 28.4 Å². The van der Waals surface area contributed by atoms with Crippen LogP contribution in [0.4, 0.5) is 10.5 Å². The van der Waals surface area contributed by atoms with E-state index in [1.54, 1.807) is 31.2 Å². The summed E-state index contributed by atoms with van der Waals surface area (Å²) in [5.41, 5.74) is 3.34. The Labute approximate surface area is 146 Å². The molecule has 2 aromatic rings. The molecule has 1 heterocycles. The molecule has 0 spiro atoms. The summed E-state index contributed by atoms with van der Waals surface area (Å²) in [5.74, 6) is -0.371. The molecular formula is C18H22N4O3. The fourth-order valence-electron chi connectivity index (χ4n) is 3.09. The molecule has 1 aliphatic carbocycles. The normalized spacial score (nSPS) is 16.0. The molecule has 0 saturated heterocycles. The van der Waals surface area contributed by atoms with Crippen molar-refractivity contribution in [3.63, 3.8) is 0 Å². The van der Waals surface area contributed by atoms with Gasteiger partial charge in [0, 0.05) is 24.0 Å². The largest absolute Gasteiger partial charge is 0.462 e. The molecule has 7 heteroatoms. The number of esters is 1. The van der Waals surface area contributed by atoms with Crippen LogP contribution in [0.25, 0.3) is 0 Å². The van der Waals surface area contributed by atoms with Crippen LogP contribution in [0.5, 0.6) is 0 Å². The van der Waals surface area contributed by atoms with Crippen LogP contribution < -0.4 is 10.6 Å². The monoisotopic (exact) mass is 342 g/mol. The lowest BCUT2D eigenvalue weighted by atomic mass is 9.93. The number of carbonyl (C=O) groups is 2. The number of rotatable bonds is 4. The maximum atomic E-state index is 12.3. The lowest BCUT2D eigenvalue weighted by molar-refractivity contribution is 0.0526. The third kappa shape index (κ3) is 3.81. The van der Waals surface area contributed by atoms with Crippen LogP contribution in [-0.2, 0) is 18.2 Å². The fourth-order valence-corrected chi connectivity index (χ4v) is 3.09. The average Bonchev–Trinajstić information content (AvgIpc) is 2.98. The number of benzene rings is 1. The standard InChI is InChI=1S/C18H22N4O3/c1-3-25-17(23)12-7-9-13(10-8-12)20-18(24)21-15-5-4-6-16-14(15)11-19-22(16)2/h7-11,15H,3-6H2,1-2H3,(H2,20,21,24). The van der Waals surface area contributed by atoms with E-state index in [0.717, 1.165) is 24.8 Å². The second-order valence-corrected chi connectivity index (χ2v) is 6.01. The van der Waals surface area contributed by atoms with Crippen molar-refractivity contribution in [1.82, 2.24) is 15.1 Å². The van der Waals surface area contributed by atoms with Crippen molar-refractivity contribution in [2.45, 2.75) is 32.2 Å². The summed E-state index contributed by atoms with van der Waals surface area (Å²) in [6.07, 6.45) is 4.73. The number of urea groups is 1. The van der Waals surface area contributed by atoms with Crippen LogP contribution in [0, 0.1) is 0 Å². The van der Waals surface area contributed by atoms with Crippen LogP contribution in [0.2, 0.25) is 0 Å². The van der Waals surface area contributed by atoms with E-state index in [4.69, 9.17) is 4.74 Å². The van der Waals surface area contributed by atoms with Gasteiger partial charge >= 0.3 is 12.0 Å². The Balaban J connectivity index is 1.61. The van der Waals surface area contributed by atoms with E-state index in [9.17, 15) is 9.59 Å². The van der Waals surface area contributed by atoms with E-state index < -0.39 is 0 Å². The molecule has 0 bridgehead atoms. The summed E-state index contributed by atoms with van der Waals surface area (Å²) in [6, 6.07) is 6.33. The molecule has 1 aliphatic rings. The quantitative estimate of drug-likeness (QED) is 0.837. The predicted octanol–water partition coefficient (Wildman–Crippen LogP) is 2.80. The summed E-state index contributed by atoms with van der Waals surface area (Å²) >= 11 is 0. The zero-order valence-electron chi connectivity index (χ0n) is 14.4. The summed E-state index contributed by atoms with van der Waals surface area (Å²) in [6.45, 7) is 2.09. The molecule has 0 aliphatic heterocycles. The van der Waals surface area contributed by atoms with Gasteiger partial charge in [0.05, 0.1) is 24.4 Å². The lowest BCUT2D eigenvalue weighted by Crippen LogP contribution is -2.34. The molecule has 0 radical (unpaired) electrons. The number of nitrogens with zero attached hydrogens (tertiary/aromatic N) is 2. The summed E-state index contributed by atoms with van der Waals surface area (Å²) in [5, 5.41) is 10.1. The zero-order valence-corrected chi connectivity index (χ0v) is 14.4. The third-order valence-electron chi connectivity index (χ3n) is 4.33. The average molecular weight is 342 g/mol. The number of fused-ring (bicyclic) bond motifs is 1. The maximum Gasteiger partial charge on any atom is 0.338 e. The van der Waals surface area contributed by atoms with E-state index in [1.165, 1.54) is 5.69 Å². The highest BCUT2D eigenvalue weighted by atomic mass is 16.5. The number of hydrogen-bond donors (Lipinski definition) is 2. The second-order valence-electron chi connectivity index (χ2n) is 6.01. The minimum Gasteiger partial charge on any atom is -0.462 e. The van der Waals surface area contributed by atoms with Gasteiger partial charge in [0.15, 0.2) is 0 Å². The van der Waals surface area contributed by atoms with Gasteiger partial charge in [-0.3, -0.25) is 4.68 Å². The number of ether oxygens (including phenoxy) is 1. The number of amides is 2. The van der Waals surface area contributed by atoms with E-state index in [2.05, 4.69) is 15.7 Å². The van der Waals surface area contributed by atoms with Crippen molar-refractivity contribution in [2.24, 2.45) is 7.05 Å². The Morgan fingerprint density at radius 2 is 2.08 bits per heavy atom. The summed E-state index contributed by atoms with van der Waals surface area (Å²) < 4.78 is 6.81. The van der Waals surface area contributed by atoms with E-state index in [1.807, 2.05) is 17.9 Å². The first-order valence-corrected chi connectivity index (χ1v) is 8.44. The van der Waals surface area contributed by atoms with Crippen LogP contribution in [0.1, 0.15) is 47.4 Å². The molecule has 1 aromatic carbocycles. The molecule has 3 rings (SSSR count). The molecule has 7 nitrogen and oxygen atoms in total. The molecule has 0 fully saturated rings. The first-order valence-electron chi connectivity index (χ1n) is 8.44. The van der Waals surface area contributed by atoms with Gasteiger partial charge in [-0.2, -0.15) is 5.10 Å². The molecular weight excluding hydrogens is 320 g/mol. The van der Waals surface area contributed by atoms with Crippen molar-refractivity contribution < 1.29 is 14.3 Å². The predicted molar refractivity (Wildman–Crippen MR) is 93.4 cm³/mol. The van der Waals surface area contributed by atoms with E-state index >= 15 is 0 Å². The molecule has 1 unspecified atom stereocenters. The molecule has 2 N–H and O–H groups in total. The minimum atomic E-state index is -0.371. The highest BCUT2D eigenvalue weighted by molar-refractivity contribution is 5.92. The topological polar surface area (TPSA) is 85.2 Å². The van der Waals surface area contributed by atoms with Gasteiger partial charge in [0.25, 0.3) is 0 Å². The third-order valence-corrected chi connectivity index (χ3v) is 4.33. The minimum absolute atomic E-state index is 0.0312. The van der Waals surface area contributed by atoms with Gasteiger partial charge in [-0.15, -0.1) is 0 Å². The Morgan fingerprint density at radius 1 is 1.32 bits per heavy atom. The number of anilines is 1. The number of carbonyl (C=O) groups excluding carboxylic acids is 2. The fraction of sp³-hybridized carbons (Fsp3) is 0.389. The molecule has 0 saturated carbocycles. The maximum absolute atomic E-state index is 12.3. The van der Waals surface area contributed by atoms with Gasteiger partial charge in [-0.25, -0.2) is 9.59 Å². The molecule has 1 atom stereocenters. The highest BCUT2D eigenvalue weighted by Crippen LogP contribution is 2.29. The lowest BCUT2D eigenvalue weighted by Gasteiger charge is -2.24. The zero-order chi connectivity index (χ0) is 17.8. The van der Waals surface area contributed by atoms with Gasteiger partial charge in [0.1, 0.15) is 0 Å². The van der Waals surface area contributed by atoms with Crippen molar-refractivity contribution >= 4 is 17.7 Å². The van der Waals surface area contributed by atoms with Crippen molar-refractivity contribution in [1.29, 1.82) is 0 Å². The smallest absolute Gasteiger partial charge is 0.338 e. The van der Waals surface area contributed by atoms with E-state index in [0.29, 0.717) is 17.9 Å². The van der Waals surface area contributed by atoms with Crippen molar-refractivity contribution in [3.05, 3.63) is 47.3 Å².